The van der Waals surface area contributed by atoms with Gasteiger partial charge in [-0.25, -0.2) is 0 Å². The maximum atomic E-state index is 14.1. The fourth-order valence-electron chi connectivity index (χ4n) is 6.14. The van der Waals surface area contributed by atoms with E-state index in [0.29, 0.717) is 50.9 Å². The highest BCUT2D eigenvalue weighted by molar-refractivity contribution is 6.04. The maximum Gasteiger partial charge on any atom is 0.270 e. The first kappa shape index (κ1) is 32.3. The van der Waals surface area contributed by atoms with E-state index in [1.54, 1.807) is 0 Å². The molecule has 2 heterocycles. The fraction of sp³-hybridized carbons (Fsp3) is 0.727. The summed E-state index contributed by atoms with van der Waals surface area (Å²) in [7, 11) is 0. The lowest BCUT2D eigenvalue weighted by atomic mass is 9.88. The maximum absolute atomic E-state index is 14.1. The van der Waals surface area contributed by atoms with Gasteiger partial charge in [0.1, 0.15) is 5.75 Å². The lowest BCUT2D eigenvalue weighted by Gasteiger charge is -2.40. The number of unbranched alkanes of at least 4 members (excludes halogenated alkanes) is 2. The predicted molar refractivity (Wildman–Crippen MR) is 166 cm³/mol. The minimum atomic E-state index is -0.938. The molecule has 0 unspecified atom stereocenters. The zero-order chi connectivity index (χ0) is 30.4. The molecule has 1 saturated heterocycles. The monoisotopic (exact) mass is 584 g/mol. The Bertz CT molecular complexity index is 1100. The van der Waals surface area contributed by atoms with Crippen molar-refractivity contribution in [2.75, 3.05) is 42.6 Å². The summed E-state index contributed by atoms with van der Waals surface area (Å²) < 4.78 is 11.7. The van der Waals surface area contributed by atoms with Crippen LogP contribution in [0.4, 0.5) is 11.4 Å². The van der Waals surface area contributed by atoms with Crippen LogP contribution in [0.1, 0.15) is 86.5 Å². The quantitative estimate of drug-likeness (QED) is 0.309. The second-order valence-corrected chi connectivity index (χ2v) is 13.2. The summed E-state index contributed by atoms with van der Waals surface area (Å²) in [4.78, 5) is 44.5. The van der Waals surface area contributed by atoms with Crippen molar-refractivity contribution >= 4 is 29.1 Å². The van der Waals surface area contributed by atoms with Crippen molar-refractivity contribution in [3.63, 3.8) is 0 Å². The Labute approximate surface area is 252 Å². The number of nitrogens with zero attached hydrogens (tertiary/aromatic N) is 2. The second-order valence-electron chi connectivity index (χ2n) is 13.2. The van der Waals surface area contributed by atoms with Gasteiger partial charge >= 0.3 is 0 Å². The Balaban J connectivity index is 1.51. The first-order valence-electron chi connectivity index (χ1n) is 16.1. The number of fused-ring (bicyclic) bond motifs is 1. The number of hydrogen-bond donors (Lipinski definition) is 2. The van der Waals surface area contributed by atoms with Crippen molar-refractivity contribution in [2.45, 2.75) is 104 Å². The summed E-state index contributed by atoms with van der Waals surface area (Å²) >= 11 is 0. The third-order valence-electron chi connectivity index (χ3n) is 8.47. The van der Waals surface area contributed by atoms with Gasteiger partial charge in [-0.3, -0.25) is 14.4 Å². The molecule has 2 aliphatic heterocycles. The molecule has 234 valence electrons. The third kappa shape index (κ3) is 7.84. The van der Waals surface area contributed by atoms with Gasteiger partial charge in [0, 0.05) is 38.0 Å². The number of ether oxygens (including phenoxy) is 2. The van der Waals surface area contributed by atoms with Crippen molar-refractivity contribution in [1.82, 2.24) is 10.6 Å². The van der Waals surface area contributed by atoms with Crippen LogP contribution in [0, 0.1) is 17.8 Å². The Kier molecular flexibility index (Phi) is 10.9. The van der Waals surface area contributed by atoms with E-state index >= 15 is 0 Å². The third-order valence-corrected chi connectivity index (χ3v) is 8.47. The van der Waals surface area contributed by atoms with Crippen LogP contribution in [-0.2, 0) is 19.1 Å². The minimum absolute atomic E-state index is 0.0156. The lowest BCUT2D eigenvalue weighted by molar-refractivity contribution is -0.132. The molecule has 1 saturated carbocycles. The standard InChI is InChI=1S/C33H52N4O5/c1-7-9-10-15-36-28-18-27(13-14-29(28)42-33(5,6)32(36)40)37(26-11-12-26)31(39)24-17-23(19-34-20-24)30(38)35-25(16-22(3)4)21-41-8-2/h13-14,18,22-26,34H,7-12,15-17,19-21H2,1-6H3,(H,35,38)/t23-,24+,25+/m0/s1. The minimum Gasteiger partial charge on any atom is -0.476 e. The van der Waals surface area contributed by atoms with Crippen molar-refractivity contribution < 1.29 is 23.9 Å². The smallest absolute Gasteiger partial charge is 0.270 e. The highest BCUT2D eigenvalue weighted by Gasteiger charge is 2.43. The van der Waals surface area contributed by atoms with Crippen LogP contribution in [0.15, 0.2) is 18.2 Å². The molecule has 1 aromatic rings. The van der Waals surface area contributed by atoms with E-state index in [4.69, 9.17) is 9.47 Å². The van der Waals surface area contributed by atoms with Crippen LogP contribution in [0.3, 0.4) is 0 Å². The molecule has 0 spiro atoms. The van der Waals surface area contributed by atoms with Gasteiger partial charge in [-0.2, -0.15) is 0 Å². The second kappa shape index (κ2) is 14.2. The normalized spacial score (nSPS) is 22.4. The van der Waals surface area contributed by atoms with E-state index in [-0.39, 0.29) is 41.6 Å². The molecule has 0 radical (unpaired) electrons. The van der Waals surface area contributed by atoms with Gasteiger partial charge in [0.05, 0.1) is 30.2 Å². The van der Waals surface area contributed by atoms with E-state index in [1.165, 1.54) is 0 Å². The number of carbonyl (C=O) groups is 3. The van der Waals surface area contributed by atoms with Gasteiger partial charge in [-0.05, 0) is 77.0 Å². The highest BCUT2D eigenvalue weighted by atomic mass is 16.5. The Morgan fingerprint density at radius 1 is 1.17 bits per heavy atom. The van der Waals surface area contributed by atoms with Gasteiger partial charge < -0.3 is 29.9 Å². The van der Waals surface area contributed by atoms with Gasteiger partial charge in [-0.15, -0.1) is 0 Å². The molecular weight excluding hydrogens is 532 g/mol. The fourth-order valence-corrected chi connectivity index (χ4v) is 6.14. The van der Waals surface area contributed by atoms with Crippen LogP contribution < -0.4 is 25.2 Å². The van der Waals surface area contributed by atoms with E-state index < -0.39 is 5.60 Å². The number of amides is 3. The number of benzene rings is 1. The number of piperidine rings is 1. The van der Waals surface area contributed by atoms with Crippen LogP contribution in [0.5, 0.6) is 5.75 Å². The highest BCUT2D eigenvalue weighted by Crippen LogP contribution is 2.43. The van der Waals surface area contributed by atoms with Gasteiger partial charge in [-0.1, -0.05) is 33.6 Å². The summed E-state index contributed by atoms with van der Waals surface area (Å²) in [6.45, 7) is 14.8. The Hall–Kier alpha value is -2.65. The molecule has 2 N–H and O–H groups in total. The summed E-state index contributed by atoms with van der Waals surface area (Å²) in [5, 5.41) is 6.56. The molecule has 1 aliphatic carbocycles. The van der Waals surface area contributed by atoms with E-state index in [9.17, 15) is 14.4 Å². The van der Waals surface area contributed by atoms with Crippen LogP contribution in [0.25, 0.3) is 0 Å². The molecule has 0 aromatic heterocycles. The van der Waals surface area contributed by atoms with E-state index in [2.05, 4.69) is 31.4 Å². The number of rotatable bonds is 14. The average Bonchev–Trinajstić information content (AvgIpc) is 3.79. The number of carbonyl (C=O) groups excluding carboxylic acids is 3. The average molecular weight is 585 g/mol. The summed E-state index contributed by atoms with van der Waals surface area (Å²) in [5.74, 6) is 0.483. The van der Waals surface area contributed by atoms with Crippen molar-refractivity contribution in [3.05, 3.63) is 18.2 Å². The first-order chi connectivity index (χ1) is 20.1. The molecule has 42 heavy (non-hydrogen) atoms. The summed E-state index contributed by atoms with van der Waals surface area (Å²) in [5.41, 5.74) is 0.585. The van der Waals surface area contributed by atoms with Crippen molar-refractivity contribution in [3.8, 4) is 5.75 Å². The van der Waals surface area contributed by atoms with E-state index in [0.717, 1.165) is 49.9 Å². The van der Waals surface area contributed by atoms with Crippen LogP contribution in [0.2, 0.25) is 0 Å². The van der Waals surface area contributed by atoms with Crippen LogP contribution >= 0.6 is 0 Å². The predicted octanol–water partition coefficient (Wildman–Crippen LogP) is 4.67. The number of anilines is 2. The molecule has 1 aromatic carbocycles. The molecule has 3 atom stereocenters. The summed E-state index contributed by atoms with van der Waals surface area (Å²) in [6.07, 6.45) is 6.27. The Morgan fingerprint density at radius 3 is 2.57 bits per heavy atom. The molecule has 2 fully saturated rings. The molecule has 9 nitrogen and oxygen atoms in total. The molecule has 0 bridgehead atoms. The first-order valence-corrected chi connectivity index (χ1v) is 16.1. The molecule has 4 rings (SSSR count). The molecule has 3 amide bonds. The van der Waals surface area contributed by atoms with Crippen molar-refractivity contribution in [1.29, 1.82) is 0 Å². The largest absolute Gasteiger partial charge is 0.476 e. The zero-order valence-corrected chi connectivity index (χ0v) is 26.5. The van der Waals surface area contributed by atoms with Gasteiger partial charge in [0.2, 0.25) is 11.8 Å². The van der Waals surface area contributed by atoms with E-state index in [1.807, 2.05) is 48.8 Å². The summed E-state index contributed by atoms with van der Waals surface area (Å²) in [6, 6.07) is 5.89. The number of nitrogens with one attached hydrogen (secondary N) is 2. The molecule has 9 heteroatoms. The molecule has 3 aliphatic rings. The Morgan fingerprint density at radius 2 is 1.90 bits per heavy atom. The van der Waals surface area contributed by atoms with Gasteiger partial charge in [0.25, 0.3) is 5.91 Å². The SMILES string of the molecule is CCCCCN1C(=O)C(C)(C)Oc2ccc(N(C(=O)[C@H]3CNC[C@@H](C(=O)N[C@@H](COCC)CC(C)C)C3)C3CC3)cc21. The van der Waals surface area contributed by atoms with Crippen LogP contribution in [-0.4, -0.2) is 68.3 Å². The topological polar surface area (TPSA) is 100 Å². The number of hydrogen-bond acceptors (Lipinski definition) is 6. The van der Waals surface area contributed by atoms with Crippen molar-refractivity contribution in [2.24, 2.45) is 17.8 Å². The molecular formula is C33H52N4O5. The zero-order valence-electron chi connectivity index (χ0n) is 26.5. The van der Waals surface area contributed by atoms with Gasteiger partial charge in [0.15, 0.2) is 5.60 Å². The lowest BCUT2D eigenvalue weighted by Crippen LogP contribution is -2.53.